The van der Waals surface area contributed by atoms with Crippen LogP contribution in [0, 0.1) is 0 Å². The quantitative estimate of drug-likeness (QED) is 0.544. The van der Waals surface area contributed by atoms with E-state index in [4.69, 9.17) is 4.74 Å². The van der Waals surface area contributed by atoms with Gasteiger partial charge in [0.2, 0.25) is 5.91 Å². The zero-order valence-electron chi connectivity index (χ0n) is 14.6. The van der Waals surface area contributed by atoms with Crippen LogP contribution in [-0.4, -0.2) is 24.3 Å². The van der Waals surface area contributed by atoms with E-state index >= 15 is 0 Å². The van der Waals surface area contributed by atoms with Crippen LogP contribution in [0.15, 0.2) is 65.8 Å². The van der Waals surface area contributed by atoms with Crippen LogP contribution in [0.5, 0.6) is 11.5 Å². The van der Waals surface area contributed by atoms with Crippen LogP contribution in [0.1, 0.15) is 24.0 Å². The number of ether oxygens (including phenoxy) is 1. The first kappa shape index (κ1) is 17.5. The zero-order chi connectivity index (χ0) is 18.5. The predicted octanol–water partition coefficient (Wildman–Crippen LogP) is 3.81. The largest absolute Gasteiger partial charge is 0.508 e. The van der Waals surface area contributed by atoms with Gasteiger partial charge in [-0.3, -0.25) is 4.79 Å². The summed E-state index contributed by atoms with van der Waals surface area (Å²) in [5.74, 6) is 0.472. The number of hydrogen-bond donors (Lipinski definition) is 2. The zero-order valence-corrected chi connectivity index (χ0v) is 14.6. The molecule has 3 rings (SSSR count). The molecule has 0 aromatic heterocycles. The number of fused-ring (bicyclic) bond motifs is 1. The van der Waals surface area contributed by atoms with Gasteiger partial charge in [0.25, 0.3) is 0 Å². The Morgan fingerprint density at radius 3 is 2.50 bits per heavy atom. The molecular formula is C21H20N2O3. The number of phenols is 1. The van der Waals surface area contributed by atoms with Crippen LogP contribution in [0.2, 0.25) is 0 Å². The van der Waals surface area contributed by atoms with E-state index in [1.807, 2.05) is 43.3 Å². The van der Waals surface area contributed by atoms with Crippen molar-refractivity contribution in [2.24, 2.45) is 5.10 Å². The van der Waals surface area contributed by atoms with Crippen LogP contribution in [0.4, 0.5) is 0 Å². The van der Waals surface area contributed by atoms with Gasteiger partial charge in [0.15, 0.2) is 0 Å². The average Bonchev–Trinajstić information content (AvgIpc) is 2.68. The number of amides is 1. The number of benzene rings is 3. The predicted molar refractivity (Wildman–Crippen MR) is 103 cm³/mol. The highest BCUT2D eigenvalue weighted by molar-refractivity contribution is 5.89. The summed E-state index contributed by atoms with van der Waals surface area (Å²) >= 11 is 0. The standard InChI is InChI=1S/C21H20N2O3/c1-14(21(25)23-22-13-15-3-8-19(24)9-4-15)16-5-6-18-12-20(26-2)10-7-17(18)11-16/h3-14,24H,1-2H3,(H,23,25)/b22-13+/t14-/m0/s1. The molecule has 0 radical (unpaired) electrons. The fourth-order valence-electron chi connectivity index (χ4n) is 2.62. The Bertz CT molecular complexity index is 949. The summed E-state index contributed by atoms with van der Waals surface area (Å²) in [5, 5.41) is 15.3. The summed E-state index contributed by atoms with van der Waals surface area (Å²) in [4.78, 5) is 12.3. The molecule has 3 aromatic carbocycles. The third-order valence-corrected chi connectivity index (χ3v) is 4.25. The Kier molecular flexibility index (Phi) is 5.17. The summed E-state index contributed by atoms with van der Waals surface area (Å²) in [7, 11) is 1.64. The van der Waals surface area contributed by atoms with Gasteiger partial charge in [-0.2, -0.15) is 5.10 Å². The molecule has 3 aromatic rings. The molecule has 0 heterocycles. The van der Waals surface area contributed by atoms with Crippen molar-refractivity contribution in [2.45, 2.75) is 12.8 Å². The molecular weight excluding hydrogens is 328 g/mol. The summed E-state index contributed by atoms with van der Waals surface area (Å²) in [6, 6.07) is 18.3. The van der Waals surface area contributed by atoms with Gasteiger partial charge in [0, 0.05) is 0 Å². The lowest BCUT2D eigenvalue weighted by Crippen LogP contribution is -2.23. The summed E-state index contributed by atoms with van der Waals surface area (Å²) in [5.41, 5.74) is 4.26. The van der Waals surface area contributed by atoms with Crippen LogP contribution in [-0.2, 0) is 4.79 Å². The molecule has 5 heteroatoms. The van der Waals surface area contributed by atoms with Crippen molar-refractivity contribution < 1.29 is 14.6 Å². The van der Waals surface area contributed by atoms with E-state index in [9.17, 15) is 9.90 Å². The van der Waals surface area contributed by atoms with Gasteiger partial charge in [-0.1, -0.05) is 24.3 Å². The molecule has 0 saturated heterocycles. The van der Waals surface area contributed by atoms with Crippen molar-refractivity contribution in [1.29, 1.82) is 0 Å². The maximum Gasteiger partial charge on any atom is 0.247 e. The second-order valence-corrected chi connectivity index (χ2v) is 6.02. The molecule has 1 atom stereocenters. The maximum absolute atomic E-state index is 12.3. The number of rotatable bonds is 5. The lowest BCUT2D eigenvalue weighted by molar-refractivity contribution is -0.122. The molecule has 0 bridgehead atoms. The number of aromatic hydroxyl groups is 1. The van der Waals surface area contributed by atoms with Gasteiger partial charge in [-0.25, -0.2) is 5.43 Å². The first-order valence-corrected chi connectivity index (χ1v) is 8.26. The minimum absolute atomic E-state index is 0.187. The van der Waals surface area contributed by atoms with Gasteiger partial charge >= 0.3 is 0 Å². The van der Waals surface area contributed by atoms with E-state index in [0.29, 0.717) is 0 Å². The van der Waals surface area contributed by atoms with E-state index in [1.165, 1.54) is 6.21 Å². The molecule has 5 nitrogen and oxygen atoms in total. The number of carbonyl (C=O) groups is 1. The monoisotopic (exact) mass is 348 g/mol. The van der Waals surface area contributed by atoms with Crippen molar-refractivity contribution in [3.05, 3.63) is 71.8 Å². The Morgan fingerprint density at radius 2 is 1.77 bits per heavy atom. The number of hydrogen-bond acceptors (Lipinski definition) is 4. The summed E-state index contributed by atoms with van der Waals surface area (Å²) in [6.45, 7) is 1.84. The van der Waals surface area contributed by atoms with Gasteiger partial charge in [-0.05, 0) is 65.2 Å². The molecule has 0 saturated carbocycles. The van der Waals surface area contributed by atoms with Gasteiger partial charge < -0.3 is 9.84 Å². The average molecular weight is 348 g/mol. The fourth-order valence-corrected chi connectivity index (χ4v) is 2.62. The molecule has 0 spiro atoms. The Hall–Kier alpha value is -3.34. The lowest BCUT2D eigenvalue weighted by atomic mass is 9.97. The number of methoxy groups -OCH3 is 1. The Balaban J connectivity index is 1.69. The minimum Gasteiger partial charge on any atom is -0.508 e. The lowest BCUT2D eigenvalue weighted by Gasteiger charge is -2.11. The van der Waals surface area contributed by atoms with Crippen LogP contribution in [0.25, 0.3) is 10.8 Å². The van der Waals surface area contributed by atoms with Crippen molar-refractivity contribution >= 4 is 22.9 Å². The van der Waals surface area contributed by atoms with Crippen LogP contribution >= 0.6 is 0 Å². The van der Waals surface area contributed by atoms with Crippen molar-refractivity contribution in [1.82, 2.24) is 5.43 Å². The molecule has 0 aliphatic rings. The molecule has 0 unspecified atom stereocenters. The van der Waals surface area contributed by atoms with Crippen molar-refractivity contribution in [2.75, 3.05) is 7.11 Å². The summed E-state index contributed by atoms with van der Waals surface area (Å²) < 4.78 is 5.23. The number of hydrazone groups is 1. The van der Waals surface area contributed by atoms with Crippen molar-refractivity contribution in [3.63, 3.8) is 0 Å². The molecule has 0 fully saturated rings. The normalized spacial score (nSPS) is 12.2. The number of nitrogens with zero attached hydrogens (tertiary/aromatic N) is 1. The topological polar surface area (TPSA) is 70.9 Å². The maximum atomic E-state index is 12.3. The highest BCUT2D eigenvalue weighted by atomic mass is 16.5. The smallest absolute Gasteiger partial charge is 0.247 e. The molecule has 26 heavy (non-hydrogen) atoms. The SMILES string of the molecule is COc1ccc2cc([C@H](C)C(=O)N/N=C/c3ccc(O)cc3)ccc2c1. The second kappa shape index (κ2) is 7.70. The fraction of sp³-hybridized carbons (Fsp3) is 0.143. The molecule has 1 amide bonds. The first-order valence-electron chi connectivity index (χ1n) is 8.26. The van der Waals surface area contributed by atoms with E-state index in [1.54, 1.807) is 31.4 Å². The number of phenolic OH excluding ortho intramolecular Hbond substituents is 1. The van der Waals surface area contributed by atoms with Crippen LogP contribution in [0.3, 0.4) is 0 Å². The van der Waals surface area contributed by atoms with Crippen molar-refractivity contribution in [3.8, 4) is 11.5 Å². The molecule has 0 aliphatic carbocycles. The highest BCUT2D eigenvalue weighted by Gasteiger charge is 2.15. The third-order valence-electron chi connectivity index (χ3n) is 4.25. The van der Waals surface area contributed by atoms with Gasteiger partial charge in [0.05, 0.1) is 19.2 Å². The summed E-state index contributed by atoms with van der Waals surface area (Å²) in [6.07, 6.45) is 1.54. The van der Waals surface area contributed by atoms with E-state index in [2.05, 4.69) is 10.5 Å². The number of carbonyl (C=O) groups excluding carboxylic acids is 1. The highest BCUT2D eigenvalue weighted by Crippen LogP contribution is 2.25. The van der Waals surface area contributed by atoms with Crippen LogP contribution < -0.4 is 10.2 Å². The third kappa shape index (κ3) is 4.00. The Labute approximate surface area is 151 Å². The molecule has 132 valence electrons. The molecule has 0 aliphatic heterocycles. The van der Waals surface area contributed by atoms with E-state index < -0.39 is 0 Å². The van der Waals surface area contributed by atoms with Gasteiger partial charge in [0.1, 0.15) is 11.5 Å². The Morgan fingerprint density at radius 1 is 1.08 bits per heavy atom. The second-order valence-electron chi connectivity index (χ2n) is 6.02. The number of nitrogens with one attached hydrogen (secondary N) is 1. The van der Waals surface area contributed by atoms with E-state index in [-0.39, 0.29) is 17.6 Å². The van der Waals surface area contributed by atoms with E-state index in [0.717, 1.165) is 27.6 Å². The molecule has 2 N–H and O–H groups in total. The van der Waals surface area contributed by atoms with Gasteiger partial charge in [-0.15, -0.1) is 0 Å². The first-order chi connectivity index (χ1) is 12.6. The minimum atomic E-state index is -0.335.